The highest BCUT2D eigenvalue weighted by atomic mass is 16.5. The number of rotatable bonds is 11. The van der Waals surface area contributed by atoms with Crippen LogP contribution < -0.4 is 4.74 Å². The van der Waals surface area contributed by atoms with Crippen molar-refractivity contribution in [2.75, 3.05) is 39.5 Å². The van der Waals surface area contributed by atoms with Crippen molar-refractivity contribution in [3.8, 4) is 5.75 Å². The van der Waals surface area contributed by atoms with Crippen LogP contribution in [0, 0.1) is 5.92 Å². The van der Waals surface area contributed by atoms with E-state index in [0.717, 1.165) is 63.6 Å². The highest BCUT2D eigenvalue weighted by Crippen LogP contribution is 2.42. The van der Waals surface area contributed by atoms with Crippen molar-refractivity contribution >= 4 is 0 Å². The normalized spacial score (nSPS) is 18.0. The van der Waals surface area contributed by atoms with Gasteiger partial charge in [0.2, 0.25) is 0 Å². The van der Waals surface area contributed by atoms with E-state index in [-0.39, 0.29) is 5.92 Å². The summed E-state index contributed by atoms with van der Waals surface area (Å²) in [5.41, 5.74) is 1.21. The number of morpholine rings is 1. The van der Waals surface area contributed by atoms with Gasteiger partial charge in [-0.3, -0.25) is 4.90 Å². The second-order valence-electron chi connectivity index (χ2n) is 9.11. The van der Waals surface area contributed by atoms with Gasteiger partial charge in [0.05, 0.1) is 25.4 Å². The van der Waals surface area contributed by atoms with Crippen molar-refractivity contribution in [3.63, 3.8) is 0 Å². The molecule has 1 saturated heterocycles. The molecular weight excluding hydrogens is 386 g/mol. The summed E-state index contributed by atoms with van der Waals surface area (Å²) in [5, 5.41) is 12.2. The average molecular weight is 426 g/mol. The van der Waals surface area contributed by atoms with Gasteiger partial charge in [0.1, 0.15) is 5.75 Å². The molecule has 0 radical (unpaired) electrons. The van der Waals surface area contributed by atoms with Gasteiger partial charge in [-0.05, 0) is 42.0 Å². The molecule has 0 aliphatic carbocycles. The van der Waals surface area contributed by atoms with Crippen molar-refractivity contribution in [2.45, 2.75) is 51.6 Å². The summed E-state index contributed by atoms with van der Waals surface area (Å²) in [6.45, 7) is 11.4. The predicted octanol–water partition coefficient (Wildman–Crippen LogP) is 5.22. The molecule has 170 valence electrons. The first kappa shape index (κ1) is 23.8. The summed E-state index contributed by atoms with van der Waals surface area (Å²) in [6.07, 6.45) is 2.66. The lowest BCUT2D eigenvalue weighted by Crippen LogP contribution is -2.45. The number of hydrogen-bond acceptors (Lipinski definition) is 4. The number of ether oxygens (including phenoxy) is 2. The third kappa shape index (κ3) is 6.55. The Morgan fingerprint density at radius 3 is 2.32 bits per heavy atom. The smallest absolute Gasteiger partial charge is 0.119 e. The number of hydrogen-bond donors (Lipinski definition) is 1. The zero-order valence-electron chi connectivity index (χ0n) is 19.4. The highest BCUT2D eigenvalue weighted by Gasteiger charge is 2.39. The molecule has 4 heteroatoms. The largest absolute Gasteiger partial charge is 0.494 e. The minimum Gasteiger partial charge on any atom is -0.494 e. The fourth-order valence-corrected chi connectivity index (χ4v) is 4.41. The van der Waals surface area contributed by atoms with E-state index in [9.17, 15) is 5.11 Å². The Morgan fingerprint density at radius 2 is 1.71 bits per heavy atom. The van der Waals surface area contributed by atoms with Crippen LogP contribution >= 0.6 is 0 Å². The molecule has 0 amide bonds. The fraction of sp³-hybridized carbons (Fsp3) is 0.556. The van der Waals surface area contributed by atoms with E-state index >= 15 is 0 Å². The van der Waals surface area contributed by atoms with Crippen molar-refractivity contribution in [2.24, 2.45) is 5.92 Å². The molecule has 1 N–H and O–H groups in total. The Labute approximate surface area is 188 Å². The van der Waals surface area contributed by atoms with Gasteiger partial charge in [-0.1, -0.05) is 69.7 Å². The van der Waals surface area contributed by atoms with Crippen LogP contribution in [0.4, 0.5) is 0 Å². The molecule has 1 aliphatic heterocycles. The van der Waals surface area contributed by atoms with Crippen LogP contribution in [0.2, 0.25) is 0 Å². The van der Waals surface area contributed by atoms with E-state index in [1.165, 1.54) is 5.56 Å². The molecule has 2 atom stereocenters. The molecule has 0 saturated carbocycles. The monoisotopic (exact) mass is 425 g/mol. The molecule has 2 aromatic carbocycles. The van der Waals surface area contributed by atoms with Gasteiger partial charge in [0.25, 0.3) is 0 Å². The molecule has 0 spiro atoms. The van der Waals surface area contributed by atoms with Crippen molar-refractivity contribution < 1.29 is 14.6 Å². The average Bonchev–Trinajstić information content (AvgIpc) is 2.79. The third-order valence-electron chi connectivity index (χ3n) is 6.27. The van der Waals surface area contributed by atoms with Crippen molar-refractivity contribution in [1.29, 1.82) is 0 Å². The molecule has 4 nitrogen and oxygen atoms in total. The summed E-state index contributed by atoms with van der Waals surface area (Å²) in [5.74, 6) is 1.48. The van der Waals surface area contributed by atoms with Crippen molar-refractivity contribution in [3.05, 3.63) is 65.7 Å². The molecule has 1 fully saturated rings. The quantitative estimate of drug-likeness (QED) is 0.536. The summed E-state index contributed by atoms with van der Waals surface area (Å²) in [6, 6.07) is 18.6. The maximum atomic E-state index is 12.2. The lowest BCUT2D eigenvalue weighted by atomic mass is 9.74. The standard InChI is InChI=1S/C27H39NO3/c1-4-15-27(29,24-10-12-25(13-11-24)31-18-14-22(2)3)26(23-8-6-5-7-9-23)21-28-16-19-30-20-17-28/h5-13,22,26,29H,4,14-21H2,1-3H3. The van der Waals surface area contributed by atoms with E-state index in [1.807, 2.05) is 18.2 Å². The highest BCUT2D eigenvalue weighted by molar-refractivity contribution is 5.35. The van der Waals surface area contributed by atoms with Gasteiger partial charge in [-0.2, -0.15) is 0 Å². The van der Waals surface area contributed by atoms with E-state index in [4.69, 9.17) is 9.47 Å². The zero-order chi connectivity index (χ0) is 22.1. The first-order valence-electron chi connectivity index (χ1n) is 11.8. The van der Waals surface area contributed by atoms with E-state index in [2.05, 4.69) is 62.1 Å². The van der Waals surface area contributed by atoms with Crippen LogP contribution in [0.25, 0.3) is 0 Å². The Bertz CT molecular complexity index is 756. The van der Waals surface area contributed by atoms with Gasteiger partial charge in [0, 0.05) is 25.6 Å². The van der Waals surface area contributed by atoms with Gasteiger partial charge in [-0.25, -0.2) is 0 Å². The molecule has 1 heterocycles. The minimum atomic E-state index is -0.940. The maximum Gasteiger partial charge on any atom is 0.119 e. The van der Waals surface area contributed by atoms with Crippen LogP contribution in [0.15, 0.2) is 54.6 Å². The second kappa shape index (κ2) is 11.7. The van der Waals surface area contributed by atoms with Crippen LogP contribution in [-0.4, -0.2) is 49.5 Å². The summed E-state index contributed by atoms with van der Waals surface area (Å²) < 4.78 is 11.5. The lowest BCUT2D eigenvalue weighted by molar-refractivity contribution is -0.0285. The molecule has 0 aromatic heterocycles. The fourth-order valence-electron chi connectivity index (χ4n) is 4.41. The molecular formula is C27H39NO3. The molecule has 1 aliphatic rings. The van der Waals surface area contributed by atoms with Crippen LogP contribution in [0.1, 0.15) is 57.1 Å². The first-order chi connectivity index (χ1) is 15.0. The first-order valence-corrected chi connectivity index (χ1v) is 11.8. The molecule has 0 bridgehead atoms. The zero-order valence-corrected chi connectivity index (χ0v) is 19.4. The Morgan fingerprint density at radius 1 is 1.03 bits per heavy atom. The number of benzene rings is 2. The van der Waals surface area contributed by atoms with Crippen LogP contribution in [-0.2, 0) is 10.3 Å². The third-order valence-corrected chi connectivity index (χ3v) is 6.27. The van der Waals surface area contributed by atoms with E-state index < -0.39 is 5.60 Å². The van der Waals surface area contributed by atoms with Crippen LogP contribution in [0.5, 0.6) is 5.75 Å². The van der Waals surface area contributed by atoms with Crippen LogP contribution in [0.3, 0.4) is 0 Å². The summed E-state index contributed by atoms with van der Waals surface area (Å²) >= 11 is 0. The molecule has 31 heavy (non-hydrogen) atoms. The molecule has 2 unspecified atom stereocenters. The van der Waals surface area contributed by atoms with Gasteiger partial charge < -0.3 is 14.6 Å². The maximum absolute atomic E-state index is 12.2. The van der Waals surface area contributed by atoms with Gasteiger partial charge in [-0.15, -0.1) is 0 Å². The summed E-state index contributed by atoms with van der Waals surface area (Å²) in [7, 11) is 0. The number of nitrogens with zero attached hydrogens (tertiary/aromatic N) is 1. The lowest BCUT2D eigenvalue weighted by Gasteiger charge is -2.41. The SMILES string of the molecule is CCCC(O)(c1ccc(OCCC(C)C)cc1)C(CN1CCOCC1)c1ccccc1. The van der Waals surface area contributed by atoms with E-state index in [0.29, 0.717) is 12.3 Å². The Hall–Kier alpha value is -1.88. The van der Waals surface area contributed by atoms with E-state index in [1.54, 1.807) is 0 Å². The Balaban J connectivity index is 1.86. The second-order valence-corrected chi connectivity index (χ2v) is 9.11. The Kier molecular flexibility index (Phi) is 8.94. The molecule has 3 rings (SSSR count). The topological polar surface area (TPSA) is 41.9 Å². The number of aliphatic hydroxyl groups is 1. The van der Waals surface area contributed by atoms with Gasteiger partial charge in [0.15, 0.2) is 0 Å². The van der Waals surface area contributed by atoms with Gasteiger partial charge >= 0.3 is 0 Å². The predicted molar refractivity (Wildman–Crippen MR) is 127 cm³/mol. The molecule has 2 aromatic rings. The minimum absolute atomic E-state index is 0.0144. The summed E-state index contributed by atoms with van der Waals surface area (Å²) in [4.78, 5) is 2.42. The van der Waals surface area contributed by atoms with Crippen molar-refractivity contribution in [1.82, 2.24) is 4.90 Å².